The van der Waals surface area contributed by atoms with Gasteiger partial charge in [-0.15, -0.1) is 0 Å². The first-order valence-corrected chi connectivity index (χ1v) is 7.68. The molecule has 1 aliphatic heterocycles. The third-order valence-electron chi connectivity index (χ3n) is 3.75. The van der Waals surface area contributed by atoms with Gasteiger partial charge in [-0.2, -0.15) is 0 Å². The molecule has 1 aromatic heterocycles. The van der Waals surface area contributed by atoms with Gasteiger partial charge in [-0.05, 0) is 31.4 Å². The zero-order valence-electron chi connectivity index (χ0n) is 10.3. The lowest BCUT2D eigenvalue weighted by Gasteiger charge is -2.27. The van der Waals surface area contributed by atoms with Crippen LogP contribution in [0.2, 0.25) is 0 Å². The van der Waals surface area contributed by atoms with E-state index in [1.165, 1.54) is 36.9 Å². The summed E-state index contributed by atoms with van der Waals surface area (Å²) in [6, 6.07) is 11.3. The van der Waals surface area contributed by atoms with E-state index in [1.807, 2.05) is 6.20 Å². The highest BCUT2D eigenvalue weighted by atomic mass is 79.9. The summed E-state index contributed by atoms with van der Waals surface area (Å²) in [5, 5.41) is 2.36. The first-order valence-electron chi connectivity index (χ1n) is 6.56. The smallest absolute Gasteiger partial charge is 0.0722 e. The molecule has 2 heterocycles. The standard InChI is InChI=1S/C15H17BrN2/c16-9-7-12-4-3-11-18(12)15-8-10-17-14-6-2-1-5-13(14)15/h1-2,5-6,8,10,12H,3-4,7,9,11H2. The average Bonchev–Trinajstić information content (AvgIpc) is 2.87. The quantitative estimate of drug-likeness (QED) is 0.797. The van der Waals surface area contributed by atoms with Gasteiger partial charge < -0.3 is 4.90 Å². The van der Waals surface area contributed by atoms with Crippen LogP contribution >= 0.6 is 15.9 Å². The predicted molar refractivity (Wildman–Crippen MR) is 80.5 cm³/mol. The number of para-hydroxylation sites is 1. The van der Waals surface area contributed by atoms with Crippen LogP contribution in [0.25, 0.3) is 10.9 Å². The Labute approximate surface area is 116 Å². The van der Waals surface area contributed by atoms with Gasteiger partial charge in [0.2, 0.25) is 0 Å². The van der Waals surface area contributed by atoms with Gasteiger partial charge in [-0.3, -0.25) is 4.98 Å². The molecule has 0 spiro atoms. The van der Waals surface area contributed by atoms with Crippen molar-refractivity contribution in [3.8, 4) is 0 Å². The molecular weight excluding hydrogens is 288 g/mol. The van der Waals surface area contributed by atoms with Crippen LogP contribution in [0.3, 0.4) is 0 Å². The van der Waals surface area contributed by atoms with Gasteiger partial charge in [0.05, 0.1) is 5.52 Å². The van der Waals surface area contributed by atoms with E-state index in [9.17, 15) is 0 Å². The van der Waals surface area contributed by atoms with E-state index in [0.717, 1.165) is 10.8 Å². The van der Waals surface area contributed by atoms with Crippen LogP contribution < -0.4 is 4.90 Å². The molecular formula is C15H17BrN2. The summed E-state index contributed by atoms with van der Waals surface area (Å²) in [4.78, 5) is 7.01. The maximum absolute atomic E-state index is 4.45. The van der Waals surface area contributed by atoms with Crippen LogP contribution in [-0.4, -0.2) is 22.9 Å². The molecule has 1 fully saturated rings. The topological polar surface area (TPSA) is 16.1 Å². The molecule has 3 rings (SSSR count). The number of nitrogens with zero attached hydrogens (tertiary/aromatic N) is 2. The van der Waals surface area contributed by atoms with Crippen molar-refractivity contribution in [1.82, 2.24) is 4.98 Å². The van der Waals surface area contributed by atoms with Crippen molar-refractivity contribution in [3.63, 3.8) is 0 Å². The van der Waals surface area contributed by atoms with Crippen LogP contribution in [0.15, 0.2) is 36.5 Å². The van der Waals surface area contributed by atoms with Gasteiger partial charge in [0, 0.05) is 35.2 Å². The molecule has 2 nitrogen and oxygen atoms in total. The van der Waals surface area contributed by atoms with E-state index in [1.54, 1.807) is 0 Å². The van der Waals surface area contributed by atoms with Gasteiger partial charge in [0.15, 0.2) is 0 Å². The molecule has 1 aromatic carbocycles. The molecule has 0 N–H and O–H groups in total. The van der Waals surface area contributed by atoms with Gasteiger partial charge in [-0.25, -0.2) is 0 Å². The SMILES string of the molecule is BrCCC1CCCN1c1ccnc2ccccc12. The number of halogens is 1. The van der Waals surface area contributed by atoms with Gasteiger partial charge in [-0.1, -0.05) is 34.1 Å². The molecule has 0 aliphatic carbocycles. The molecule has 1 unspecified atom stereocenters. The molecule has 94 valence electrons. The van der Waals surface area contributed by atoms with Gasteiger partial charge >= 0.3 is 0 Å². The second-order valence-corrected chi connectivity index (χ2v) is 5.61. The van der Waals surface area contributed by atoms with E-state index in [4.69, 9.17) is 0 Å². The minimum absolute atomic E-state index is 0.676. The molecule has 1 saturated heterocycles. The second-order valence-electron chi connectivity index (χ2n) is 4.81. The lowest BCUT2D eigenvalue weighted by atomic mass is 10.1. The monoisotopic (exact) mass is 304 g/mol. The highest BCUT2D eigenvalue weighted by Crippen LogP contribution is 2.32. The van der Waals surface area contributed by atoms with E-state index < -0.39 is 0 Å². The summed E-state index contributed by atoms with van der Waals surface area (Å²) < 4.78 is 0. The molecule has 3 heteroatoms. The third-order valence-corrected chi connectivity index (χ3v) is 4.21. The Balaban J connectivity index is 2.03. The number of anilines is 1. The molecule has 1 atom stereocenters. The fourth-order valence-corrected chi connectivity index (χ4v) is 3.44. The Hall–Kier alpha value is -1.09. The van der Waals surface area contributed by atoms with E-state index in [2.05, 4.69) is 56.1 Å². The Bertz CT molecular complexity index is 536. The normalized spacial score (nSPS) is 19.6. The Morgan fingerprint density at radius 1 is 1.28 bits per heavy atom. The van der Waals surface area contributed by atoms with Crippen LogP contribution in [0, 0.1) is 0 Å². The summed E-state index contributed by atoms with van der Waals surface area (Å²) in [7, 11) is 0. The zero-order valence-corrected chi connectivity index (χ0v) is 11.9. The molecule has 2 aromatic rings. The number of hydrogen-bond acceptors (Lipinski definition) is 2. The Morgan fingerprint density at radius 3 is 3.06 bits per heavy atom. The lowest BCUT2D eigenvalue weighted by molar-refractivity contribution is 0.654. The predicted octanol–water partition coefficient (Wildman–Crippen LogP) is 3.99. The van der Waals surface area contributed by atoms with Gasteiger partial charge in [0.1, 0.15) is 0 Å². The minimum Gasteiger partial charge on any atom is -0.368 e. The number of benzene rings is 1. The minimum atomic E-state index is 0.676. The van der Waals surface area contributed by atoms with E-state index >= 15 is 0 Å². The highest BCUT2D eigenvalue weighted by Gasteiger charge is 2.25. The molecule has 1 aliphatic rings. The maximum Gasteiger partial charge on any atom is 0.0722 e. The first-order chi connectivity index (χ1) is 8.90. The van der Waals surface area contributed by atoms with Crippen LogP contribution in [0.5, 0.6) is 0 Å². The molecule has 18 heavy (non-hydrogen) atoms. The molecule has 0 saturated carbocycles. The maximum atomic E-state index is 4.45. The van der Waals surface area contributed by atoms with Crippen molar-refractivity contribution in [3.05, 3.63) is 36.5 Å². The van der Waals surface area contributed by atoms with Crippen molar-refractivity contribution >= 4 is 32.5 Å². The van der Waals surface area contributed by atoms with Crippen molar-refractivity contribution in [2.24, 2.45) is 0 Å². The number of aromatic nitrogens is 1. The highest BCUT2D eigenvalue weighted by molar-refractivity contribution is 9.09. The van der Waals surface area contributed by atoms with Gasteiger partial charge in [0.25, 0.3) is 0 Å². The van der Waals surface area contributed by atoms with Crippen molar-refractivity contribution in [2.75, 3.05) is 16.8 Å². The van der Waals surface area contributed by atoms with E-state index in [0.29, 0.717) is 6.04 Å². The van der Waals surface area contributed by atoms with Crippen LogP contribution in [-0.2, 0) is 0 Å². The van der Waals surface area contributed by atoms with Crippen LogP contribution in [0.1, 0.15) is 19.3 Å². The number of fused-ring (bicyclic) bond motifs is 1. The summed E-state index contributed by atoms with van der Waals surface area (Å²) in [6.07, 6.45) is 5.76. The molecule has 0 bridgehead atoms. The molecule has 0 amide bonds. The second kappa shape index (κ2) is 5.27. The average molecular weight is 305 g/mol. The summed E-state index contributed by atoms with van der Waals surface area (Å²) >= 11 is 3.57. The fourth-order valence-electron chi connectivity index (χ4n) is 2.91. The summed E-state index contributed by atoms with van der Waals surface area (Å²) in [6.45, 7) is 1.17. The fraction of sp³-hybridized carbons (Fsp3) is 0.400. The number of hydrogen-bond donors (Lipinski definition) is 0. The Kier molecular flexibility index (Phi) is 3.50. The largest absolute Gasteiger partial charge is 0.368 e. The van der Waals surface area contributed by atoms with Crippen molar-refractivity contribution in [2.45, 2.75) is 25.3 Å². The number of rotatable bonds is 3. The van der Waals surface area contributed by atoms with Crippen molar-refractivity contribution < 1.29 is 0 Å². The first kappa shape index (κ1) is 12.0. The molecule has 0 radical (unpaired) electrons. The zero-order chi connectivity index (χ0) is 12.4. The Morgan fingerprint density at radius 2 is 2.17 bits per heavy atom. The van der Waals surface area contributed by atoms with E-state index in [-0.39, 0.29) is 0 Å². The summed E-state index contributed by atoms with van der Waals surface area (Å²) in [5.41, 5.74) is 2.45. The lowest BCUT2D eigenvalue weighted by Crippen LogP contribution is -2.29. The summed E-state index contributed by atoms with van der Waals surface area (Å²) in [5.74, 6) is 0. The van der Waals surface area contributed by atoms with Crippen LogP contribution in [0.4, 0.5) is 5.69 Å². The third kappa shape index (κ3) is 2.12. The number of pyridine rings is 1. The van der Waals surface area contributed by atoms with Crippen molar-refractivity contribution in [1.29, 1.82) is 0 Å². The number of alkyl halides is 1.